The fourth-order valence-corrected chi connectivity index (χ4v) is 1.72. The lowest BCUT2D eigenvalue weighted by Crippen LogP contribution is -2.33. The van der Waals surface area contributed by atoms with Crippen LogP contribution in [-0.2, 0) is 10.2 Å². The van der Waals surface area contributed by atoms with Crippen LogP contribution in [0.15, 0.2) is 10.7 Å². The van der Waals surface area contributed by atoms with Gasteiger partial charge in [0.05, 0.1) is 12.0 Å². The van der Waals surface area contributed by atoms with E-state index >= 15 is 0 Å². The number of hydrogen-bond donors (Lipinski definition) is 0. The zero-order valence-corrected chi connectivity index (χ0v) is 8.16. The van der Waals surface area contributed by atoms with Gasteiger partial charge in [0.2, 0.25) is 5.89 Å². The summed E-state index contributed by atoms with van der Waals surface area (Å²) in [5.41, 5.74) is 0.186. The molecule has 14 heavy (non-hydrogen) atoms. The minimum absolute atomic E-state index is 0.167. The maximum Gasteiger partial charge on any atom is 0.202 e. The predicted molar refractivity (Wildman–Crippen MR) is 49.3 cm³/mol. The maximum atomic E-state index is 10.5. The van der Waals surface area contributed by atoms with E-state index < -0.39 is 0 Å². The SMILES string of the molecule is CC1(c2nc(C=O)co2)CCCOC1. The highest BCUT2D eigenvalue weighted by Crippen LogP contribution is 2.31. The Morgan fingerprint density at radius 3 is 3.07 bits per heavy atom. The standard InChI is InChI=1S/C10H13NO3/c1-10(3-2-4-13-7-10)9-11-8(5-12)6-14-9/h5-6H,2-4,7H2,1H3. The number of oxazole rings is 1. The van der Waals surface area contributed by atoms with Gasteiger partial charge in [-0.1, -0.05) is 0 Å². The zero-order valence-electron chi connectivity index (χ0n) is 8.16. The molecular weight excluding hydrogens is 182 g/mol. The molecule has 1 aromatic heterocycles. The Hall–Kier alpha value is -1.16. The van der Waals surface area contributed by atoms with Crippen molar-refractivity contribution in [3.05, 3.63) is 17.8 Å². The summed E-state index contributed by atoms with van der Waals surface area (Å²) in [6, 6.07) is 0. The molecule has 76 valence electrons. The quantitative estimate of drug-likeness (QED) is 0.672. The minimum Gasteiger partial charge on any atom is -0.448 e. The zero-order chi connectivity index (χ0) is 10.0. The van der Waals surface area contributed by atoms with E-state index in [2.05, 4.69) is 4.98 Å². The van der Waals surface area contributed by atoms with Crippen LogP contribution in [-0.4, -0.2) is 24.5 Å². The van der Waals surface area contributed by atoms with Gasteiger partial charge in [0.1, 0.15) is 12.0 Å². The average molecular weight is 195 g/mol. The fourth-order valence-electron chi connectivity index (χ4n) is 1.72. The number of ether oxygens (including phenoxy) is 1. The molecule has 2 heterocycles. The Kier molecular flexibility index (Phi) is 2.37. The molecule has 0 aliphatic carbocycles. The highest BCUT2D eigenvalue weighted by Gasteiger charge is 2.34. The van der Waals surface area contributed by atoms with Crippen molar-refractivity contribution in [1.82, 2.24) is 4.98 Å². The monoisotopic (exact) mass is 195 g/mol. The lowest BCUT2D eigenvalue weighted by molar-refractivity contribution is 0.0307. The van der Waals surface area contributed by atoms with E-state index in [1.807, 2.05) is 6.92 Å². The number of hydrogen-bond acceptors (Lipinski definition) is 4. The van der Waals surface area contributed by atoms with Gasteiger partial charge in [-0.05, 0) is 19.8 Å². The Labute approximate surface area is 82.3 Å². The van der Waals surface area contributed by atoms with Gasteiger partial charge in [-0.15, -0.1) is 0 Å². The van der Waals surface area contributed by atoms with Crippen LogP contribution in [0.25, 0.3) is 0 Å². The number of carbonyl (C=O) groups excluding carboxylic acids is 1. The summed E-state index contributed by atoms with van der Waals surface area (Å²) in [5, 5.41) is 0. The molecule has 0 N–H and O–H groups in total. The largest absolute Gasteiger partial charge is 0.448 e. The third kappa shape index (κ3) is 1.57. The molecule has 0 bridgehead atoms. The van der Waals surface area contributed by atoms with Crippen molar-refractivity contribution in [3.63, 3.8) is 0 Å². The summed E-state index contributed by atoms with van der Waals surface area (Å²) in [4.78, 5) is 14.6. The molecule has 0 aromatic carbocycles. The molecule has 1 fully saturated rings. The molecule has 2 rings (SSSR count). The molecule has 1 aliphatic rings. The first-order valence-corrected chi connectivity index (χ1v) is 4.73. The van der Waals surface area contributed by atoms with Gasteiger partial charge < -0.3 is 9.15 Å². The van der Waals surface area contributed by atoms with Crippen molar-refractivity contribution in [3.8, 4) is 0 Å². The summed E-state index contributed by atoms with van der Waals surface area (Å²) in [5.74, 6) is 0.610. The summed E-state index contributed by atoms with van der Waals surface area (Å²) >= 11 is 0. The van der Waals surface area contributed by atoms with E-state index in [-0.39, 0.29) is 5.41 Å². The third-order valence-corrected chi connectivity index (χ3v) is 2.60. The number of carbonyl (C=O) groups is 1. The van der Waals surface area contributed by atoms with E-state index in [0.29, 0.717) is 24.5 Å². The molecule has 1 unspecified atom stereocenters. The van der Waals surface area contributed by atoms with Crippen molar-refractivity contribution in [1.29, 1.82) is 0 Å². The first-order valence-electron chi connectivity index (χ1n) is 4.73. The van der Waals surface area contributed by atoms with E-state index in [1.54, 1.807) is 0 Å². The van der Waals surface area contributed by atoms with Crippen LogP contribution >= 0.6 is 0 Å². The van der Waals surface area contributed by atoms with Crippen LogP contribution < -0.4 is 0 Å². The van der Waals surface area contributed by atoms with Crippen LogP contribution in [0.5, 0.6) is 0 Å². The molecule has 0 radical (unpaired) electrons. The molecule has 1 atom stereocenters. The van der Waals surface area contributed by atoms with E-state index in [0.717, 1.165) is 19.4 Å². The normalized spacial score (nSPS) is 27.5. The Morgan fingerprint density at radius 2 is 2.50 bits per heavy atom. The Balaban J connectivity index is 2.23. The minimum atomic E-state index is -0.167. The average Bonchev–Trinajstić information content (AvgIpc) is 2.67. The molecule has 4 heteroatoms. The molecule has 1 saturated heterocycles. The van der Waals surface area contributed by atoms with Gasteiger partial charge in [0.15, 0.2) is 6.29 Å². The number of aldehydes is 1. The Morgan fingerprint density at radius 1 is 1.64 bits per heavy atom. The van der Waals surface area contributed by atoms with Crippen LogP contribution in [0.3, 0.4) is 0 Å². The second-order valence-corrected chi connectivity index (χ2v) is 3.91. The first-order chi connectivity index (χ1) is 6.74. The molecule has 0 amide bonds. The summed E-state index contributed by atoms with van der Waals surface area (Å²) in [6.45, 7) is 3.47. The molecule has 1 aromatic rings. The van der Waals surface area contributed by atoms with Gasteiger partial charge in [-0.25, -0.2) is 4.98 Å². The van der Waals surface area contributed by atoms with Crippen LogP contribution in [0.2, 0.25) is 0 Å². The molecule has 4 nitrogen and oxygen atoms in total. The number of aromatic nitrogens is 1. The van der Waals surface area contributed by atoms with Crippen molar-refractivity contribution < 1.29 is 13.9 Å². The van der Waals surface area contributed by atoms with Crippen LogP contribution in [0, 0.1) is 0 Å². The smallest absolute Gasteiger partial charge is 0.202 e. The van der Waals surface area contributed by atoms with E-state index in [9.17, 15) is 4.79 Å². The fraction of sp³-hybridized carbons (Fsp3) is 0.600. The summed E-state index contributed by atoms with van der Waals surface area (Å²) < 4.78 is 10.7. The Bertz CT molecular complexity index is 326. The van der Waals surface area contributed by atoms with Crippen molar-refractivity contribution >= 4 is 6.29 Å². The van der Waals surface area contributed by atoms with Crippen LogP contribution in [0.4, 0.5) is 0 Å². The topological polar surface area (TPSA) is 52.3 Å². The second-order valence-electron chi connectivity index (χ2n) is 3.91. The molecule has 1 aliphatic heterocycles. The van der Waals surface area contributed by atoms with Crippen molar-refractivity contribution in [2.45, 2.75) is 25.2 Å². The molecule has 0 spiro atoms. The van der Waals surface area contributed by atoms with E-state index in [4.69, 9.17) is 9.15 Å². The maximum absolute atomic E-state index is 10.5. The lowest BCUT2D eigenvalue weighted by atomic mass is 9.85. The van der Waals surface area contributed by atoms with Crippen molar-refractivity contribution in [2.24, 2.45) is 0 Å². The summed E-state index contributed by atoms with van der Waals surface area (Å²) in [6.07, 6.45) is 4.09. The predicted octanol–water partition coefficient (Wildman–Crippen LogP) is 1.56. The second kappa shape index (κ2) is 3.53. The van der Waals surface area contributed by atoms with Gasteiger partial charge in [-0.2, -0.15) is 0 Å². The van der Waals surface area contributed by atoms with Gasteiger partial charge in [-0.3, -0.25) is 4.79 Å². The summed E-state index contributed by atoms with van der Waals surface area (Å²) in [7, 11) is 0. The van der Waals surface area contributed by atoms with Crippen LogP contribution in [0.1, 0.15) is 36.1 Å². The lowest BCUT2D eigenvalue weighted by Gasteiger charge is -2.29. The van der Waals surface area contributed by atoms with Crippen molar-refractivity contribution in [2.75, 3.05) is 13.2 Å². The number of nitrogens with zero attached hydrogens (tertiary/aromatic N) is 1. The molecular formula is C10H13NO3. The third-order valence-electron chi connectivity index (χ3n) is 2.60. The highest BCUT2D eigenvalue weighted by atomic mass is 16.5. The highest BCUT2D eigenvalue weighted by molar-refractivity contribution is 5.70. The van der Waals surface area contributed by atoms with Gasteiger partial charge >= 0.3 is 0 Å². The molecule has 0 saturated carbocycles. The number of rotatable bonds is 2. The van der Waals surface area contributed by atoms with Gasteiger partial charge in [0, 0.05) is 6.61 Å². The van der Waals surface area contributed by atoms with E-state index in [1.165, 1.54) is 6.26 Å². The van der Waals surface area contributed by atoms with Gasteiger partial charge in [0.25, 0.3) is 0 Å². The first kappa shape index (κ1) is 9.40.